The fourth-order valence-electron chi connectivity index (χ4n) is 2.64. The van der Waals surface area contributed by atoms with Gasteiger partial charge in [-0.15, -0.1) is 0 Å². The number of rotatable bonds is 3. The van der Waals surface area contributed by atoms with Gasteiger partial charge in [-0.05, 0) is 25.8 Å². The van der Waals surface area contributed by atoms with E-state index in [1.54, 1.807) is 13.0 Å². The molecule has 2 atom stereocenters. The van der Waals surface area contributed by atoms with Crippen molar-refractivity contribution in [3.8, 4) is 0 Å². The van der Waals surface area contributed by atoms with Crippen molar-refractivity contribution >= 4 is 11.9 Å². The lowest BCUT2D eigenvalue weighted by Crippen LogP contribution is -2.42. The van der Waals surface area contributed by atoms with Gasteiger partial charge in [0.1, 0.15) is 5.76 Å². The number of carbonyl (C=O) groups excluding carboxylic acids is 1. The van der Waals surface area contributed by atoms with Crippen LogP contribution >= 0.6 is 0 Å². The number of hydrogen-bond acceptors (Lipinski definition) is 3. The lowest BCUT2D eigenvalue weighted by molar-refractivity contribution is -0.142. The van der Waals surface area contributed by atoms with Gasteiger partial charge >= 0.3 is 5.97 Å². The molecular formula is C14H19NO4. The third kappa shape index (κ3) is 3.16. The molecule has 0 bridgehead atoms. The zero-order valence-electron chi connectivity index (χ0n) is 11.0. The topological polar surface area (TPSA) is 79.5 Å². The van der Waals surface area contributed by atoms with Gasteiger partial charge in [-0.3, -0.25) is 9.59 Å². The van der Waals surface area contributed by atoms with E-state index in [-0.39, 0.29) is 11.9 Å². The molecule has 1 heterocycles. The van der Waals surface area contributed by atoms with Crippen LogP contribution in [0.15, 0.2) is 16.7 Å². The lowest BCUT2D eigenvalue weighted by Gasteiger charge is -2.22. The zero-order valence-corrected chi connectivity index (χ0v) is 11.0. The highest BCUT2D eigenvalue weighted by molar-refractivity contribution is 5.95. The van der Waals surface area contributed by atoms with Crippen LogP contribution in [0.2, 0.25) is 0 Å². The first-order valence-electron chi connectivity index (χ1n) is 6.67. The van der Waals surface area contributed by atoms with Gasteiger partial charge in [0.25, 0.3) is 5.91 Å². The van der Waals surface area contributed by atoms with Crippen LogP contribution in [0, 0.1) is 12.8 Å². The van der Waals surface area contributed by atoms with Crippen molar-refractivity contribution in [3.05, 3.63) is 23.7 Å². The van der Waals surface area contributed by atoms with E-state index >= 15 is 0 Å². The van der Waals surface area contributed by atoms with Crippen molar-refractivity contribution in [1.82, 2.24) is 5.32 Å². The van der Waals surface area contributed by atoms with Crippen molar-refractivity contribution in [1.29, 1.82) is 0 Å². The normalized spacial score (nSPS) is 23.6. The molecule has 0 aliphatic heterocycles. The Labute approximate surface area is 112 Å². The molecule has 1 aliphatic carbocycles. The Balaban J connectivity index is 2.08. The van der Waals surface area contributed by atoms with Crippen LogP contribution in [0.4, 0.5) is 0 Å². The maximum atomic E-state index is 12.1. The Kier molecular flexibility index (Phi) is 4.24. The van der Waals surface area contributed by atoms with Gasteiger partial charge in [-0.1, -0.05) is 19.3 Å². The summed E-state index contributed by atoms with van der Waals surface area (Å²) < 4.78 is 5.10. The molecule has 0 aromatic carbocycles. The Morgan fingerprint density at radius 1 is 1.32 bits per heavy atom. The van der Waals surface area contributed by atoms with Crippen LogP contribution in [-0.2, 0) is 4.79 Å². The lowest BCUT2D eigenvalue weighted by atomic mass is 9.94. The fraction of sp³-hybridized carbons (Fsp3) is 0.571. The van der Waals surface area contributed by atoms with Gasteiger partial charge in [-0.2, -0.15) is 0 Å². The minimum Gasteiger partial charge on any atom is -0.481 e. The summed E-state index contributed by atoms with van der Waals surface area (Å²) in [5.41, 5.74) is 0.480. The standard InChI is InChI=1S/C14H19NO4/c1-9-10(7-8-19-9)13(16)15-12-6-4-2-3-5-11(12)14(17)18/h7-8,11-12H,2-6H2,1H3,(H,15,16)(H,17,18)/t11-,12-/m1/s1. The van der Waals surface area contributed by atoms with Crippen molar-refractivity contribution in [3.63, 3.8) is 0 Å². The highest BCUT2D eigenvalue weighted by atomic mass is 16.4. The fourth-order valence-corrected chi connectivity index (χ4v) is 2.64. The van der Waals surface area contributed by atoms with E-state index in [0.29, 0.717) is 17.7 Å². The number of nitrogens with one attached hydrogen (secondary N) is 1. The molecule has 1 saturated carbocycles. The third-order valence-electron chi connectivity index (χ3n) is 3.75. The molecular weight excluding hydrogens is 246 g/mol. The molecule has 0 spiro atoms. The quantitative estimate of drug-likeness (QED) is 0.822. The van der Waals surface area contributed by atoms with E-state index in [0.717, 1.165) is 25.7 Å². The highest BCUT2D eigenvalue weighted by Gasteiger charge is 2.31. The number of amides is 1. The van der Waals surface area contributed by atoms with E-state index in [2.05, 4.69) is 5.32 Å². The first-order valence-corrected chi connectivity index (χ1v) is 6.67. The number of aryl methyl sites for hydroxylation is 1. The first kappa shape index (κ1) is 13.6. The van der Waals surface area contributed by atoms with Crippen LogP contribution in [0.25, 0.3) is 0 Å². The maximum absolute atomic E-state index is 12.1. The average molecular weight is 265 g/mol. The minimum atomic E-state index is -0.823. The van der Waals surface area contributed by atoms with Crippen LogP contribution in [0.1, 0.15) is 48.2 Å². The SMILES string of the molecule is Cc1occc1C(=O)N[C@@H]1CCCCC[C@H]1C(=O)O. The molecule has 5 heteroatoms. The second kappa shape index (κ2) is 5.91. The van der Waals surface area contributed by atoms with E-state index < -0.39 is 11.9 Å². The van der Waals surface area contributed by atoms with Gasteiger partial charge in [0.2, 0.25) is 0 Å². The van der Waals surface area contributed by atoms with Crippen LogP contribution in [0.5, 0.6) is 0 Å². The first-order chi connectivity index (χ1) is 9.09. The van der Waals surface area contributed by atoms with Gasteiger partial charge in [0.15, 0.2) is 0 Å². The summed E-state index contributed by atoms with van der Waals surface area (Å²) >= 11 is 0. The smallest absolute Gasteiger partial charge is 0.308 e. The Morgan fingerprint density at radius 3 is 2.68 bits per heavy atom. The van der Waals surface area contributed by atoms with E-state index in [4.69, 9.17) is 4.42 Å². The Hall–Kier alpha value is -1.78. The second-order valence-electron chi connectivity index (χ2n) is 5.05. The summed E-state index contributed by atoms with van der Waals surface area (Å²) in [5.74, 6) is -1.00. The summed E-state index contributed by atoms with van der Waals surface area (Å²) in [6.45, 7) is 1.72. The molecule has 1 amide bonds. The van der Waals surface area contributed by atoms with E-state index in [1.165, 1.54) is 6.26 Å². The highest BCUT2D eigenvalue weighted by Crippen LogP contribution is 2.24. The molecule has 1 aromatic rings. The van der Waals surface area contributed by atoms with Crippen molar-refractivity contribution < 1.29 is 19.1 Å². The number of hydrogen-bond donors (Lipinski definition) is 2. The van der Waals surface area contributed by atoms with Crippen LogP contribution < -0.4 is 5.32 Å². The monoisotopic (exact) mass is 265 g/mol. The molecule has 0 radical (unpaired) electrons. The number of carboxylic acid groups (broad SMARTS) is 1. The van der Waals surface area contributed by atoms with Gasteiger partial charge in [0.05, 0.1) is 17.7 Å². The molecule has 19 heavy (non-hydrogen) atoms. The summed E-state index contributed by atoms with van der Waals surface area (Å²) in [6.07, 6.45) is 5.71. The summed E-state index contributed by atoms with van der Waals surface area (Å²) in [7, 11) is 0. The molecule has 2 N–H and O–H groups in total. The molecule has 0 unspecified atom stereocenters. The average Bonchev–Trinajstić information content (AvgIpc) is 2.65. The molecule has 1 aliphatic rings. The predicted molar refractivity (Wildman–Crippen MR) is 68.9 cm³/mol. The molecule has 2 rings (SSSR count). The minimum absolute atomic E-state index is 0.246. The largest absolute Gasteiger partial charge is 0.481 e. The van der Waals surface area contributed by atoms with Crippen molar-refractivity contribution in [2.45, 2.75) is 45.1 Å². The van der Waals surface area contributed by atoms with Crippen molar-refractivity contribution in [2.75, 3.05) is 0 Å². The van der Waals surface area contributed by atoms with Crippen LogP contribution in [-0.4, -0.2) is 23.0 Å². The van der Waals surface area contributed by atoms with E-state index in [1.807, 2.05) is 0 Å². The van der Waals surface area contributed by atoms with Crippen molar-refractivity contribution in [2.24, 2.45) is 5.92 Å². The number of carbonyl (C=O) groups is 2. The Bertz CT molecular complexity index is 466. The number of carboxylic acids is 1. The number of furan rings is 1. The molecule has 1 aromatic heterocycles. The molecule has 0 saturated heterocycles. The number of aliphatic carboxylic acids is 1. The predicted octanol–water partition coefficient (Wildman–Crippen LogP) is 2.35. The molecule has 1 fully saturated rings. The summed E-state index contributed by atoms with van der Waals surface area (Å²) in [6, 6.07) is 1.32. The molecule has 5 nitrogen and oxygen atoms in total. The van der Waals surface area contributed by atoms with Crippen LogP contribution in [0.3, 0.4) is 0 Å². The van der Waals surface area contributed by atoms with E-state index in [9.17, 15) is 14.7 Å². The second-order valence-corrected chi connectivity index (χ2v) is 5.05. The van der Waals surface area contributed by atoms with Gasteiger partial charge in [0, 0.05) is 6.04 Å². The molecule has 104 valence electrons. The summed E-state index contributed by atoms with van der Waals surface area (Å²) in [5, 5.41) is 12.1. The third-order valence-corrected chi connectivity index (χ3v) is 3.75. The Morgan fingerprint density at radius 2 is 2.05 bits per heavy atom. The zero-order chi connectivity index (χ0) is 13.8. The van der Waals surface area contributed by atoms with Gasteiger partial charge < -0.3 is 14.8 Å². The summed E-state index contributed by atoms with van der Waals surface area (Å²) in [4.78, 5) is 23.4. The maximum Gasteiger partial charge on any atom is 0.308 e. The van der Waals surface area contributed by atoms with Gasteiger partial charge in [-0.25, -0.2) is 0 Å².